The fourth-order valence-corrected chi connectivity index (χ4v) is 4.80. The summed E-state index contributed by atoms with van der Waals surface area (Å²) in [6.45, 7) is -0.329. The summed E-state index contributed by atoms with van der Waals surface area (Å²) in [5, 5.41) is 21.8. The predicted molar refractivity (Wildman–Crippen MR) is 133 cm³/mol. The van der Waals surface area contributed by atoms with E-state index in [2.05, 4.69) is 24.4 Å². The highest BCUT2D eigenvalue weighted by Crippen LogP contribution is 2.31. The quantitative estimate of drug-likeness (QED) is 0.194. The van der Waals surface area contributed by atoms with Gasteiger partial charge in [0.1, 0.15) is 30.2 Å². The van der Waals surface area contributed by atoms with Crippen molar-refractivity contribution in [2.75, 3.05) is 19.4 Å². The highest BCUT2D eigenvalue weighted by molar-refractivity contribution is 7.92. The summed E-state index contributed by atoms with van der Waals surface area (Å²) >= 11 is 0. The summed E-state index contributed by atoms with van der Waals surface area (Å²) < 4.78 is 38.8. The van der Waals surface area contributed by atoms with E-state index >= 15 is 0 Å². The molecule has 1 fully saturated rings. The first-order chi connectivity index (χ1) is 18.1. The SMILES string of the molecule is COC(=O)c1cccc(C(=O)CC/C=C/S(=O)(=O)NC[C@H]2O[C@@H](n3cnc4c(N)ncnc43)[C@H](O)[C@@H]2O)c1. The van der Waals surface area contributed by atoms with Crippen molar-refractivity contribution >= 4 is 38.8 Å². The molecule has 0 amide bonds. The first-order valence-corrected chi connectivity index (χ1v) is 13.0. The number of aliphatic hydroxyl groups is 2. The lowest BCUT2D eigenvalue weighted by atomic mass is 10.0. The van der Waals surface area contributed by atoms with Crippen LogP contribution in [0.4, 0.5) is 5.82 Å². The Hall–Kier alpha value is -3.76. The van der Waals surface area contributed by atoms with Crippen LogP contribution in [0, 0.1) is 0 Å². The number of rotatable bonds is 10. The third-order valence-electron chi connectivity index (χ3n) is 5.90. The number of carbonyl (C=O) groups excluding carboxylic acids is 2. The first-order valence-electron chi connectivity index (χ1n) is 11.4. The molecule has 14 nitrogen and oxygen atoms in total. The monoisotopic (exact) mass is 546 g/mol. The maximum atomic E-state index is 12.4. The Labute approximate surface area is 217 Å². The first kappa shape index (κ1) is 27.3. The smallest absolute Gasteiger partial charge is 0.337 e. The number of ether oxygens (including phenoxy) is 2. The molecule has 202 valence electrons. The molecule has 2 aromatic heterocycles. The molecule has 0 bridgehead atoms. The van der Waals surface area contributed by atoms with Crippen LogP contribution in [-0.4, -0.2) is 81.9 Å². The lowest BCUT2D eigenvalue weighted by Crippen LogP contribution is -2.39. The number of Topliss-reactive ketones (excluding diaryl/α,β-unsaturated/α-hetero) is 1. The average Bonchev–Trinajstić information content (AvgIpc) is 3.46. The lowest BCUT2D eigenvalue weighted by molar-refractivity contribution is -0.0329. The summed E-state index contributed by atoms with van der Waals surface area (Å²) in [5.74, 6) is -0.703. The number of nitrogens with zero attached hydrogens (tertiary/aromatic N) is 4. The van der Waals surface area contributed by atoms with E-state index < -0.39 is 40.5 Å². The number of nitrogens with two attached hydrogens (primary N) is 1. The van der Waals surface area contributed by atoms with E-state index in [0.717, 1.165) is 5.41 Å². The Bertz CT molecular complexity index is 1470. The zero-order chi connectivity index (χ0) is 27.4. The number of methoxy groups -OCH3 is 1. The number of hydrogen-bond donors (Lipinski definition) is 4. The zero-order valence-electron chi connectivity index (χ0n) is 20.2. The number of benzene rings is 1. The molecule has 38 heavy (non-hydrogen) atoms. The van der Waals surface area contributed by atoms with Gasteiger partial charge in [0.25, 0.3) is 0 Å². The lowest BCUT2D eigenvalue weighted by Gasteiger charge is -2.16. The highest BCUT2D eigenvalue weighted by Gasteiger charge is 2.44. The molecule has 0 aliphatic carbocycles. The third-order valence-corrected chi connectivity index (χ3v) is 7.02. The van der Waals surface area contributed by atoms with Crippen molar-refractivity contribution in [3.8, 4) is 0 Å². The maximum Gasteiger partial charge on any atom is 0.337 e. The summed E-state index contributed by atoms with van der Waals surface area (Å²) in [5.41, 5.74) is 6.89. The van der Waals surface area contributed by atoms with Crippen LogP contribution in [-0.2, 0) is 19.5 Å². The molecule has 0 saturated carbocycles. The van der Waals surface area contributed by atoms with E-state index in [9.17, 15) is 28.2 Å². The number of nitrogen functional groups attached to an aromatic ring is 1. The minimum Gasteiger partial charge on any atom is -0.465 e. The highest BCUT2D eigenvalue weighted by atomic mass is 32.2. The van der Waals surface area contributed by atoms with Gasteiger partial charge in [-0.15, -0.1) is 0 Å². The largest absolute Gasteiger partial charge is 0.465 e. The zero-order valence-corrected chi connectivity index (χ0v) is 21.0. The number of nitrogens with one attached hydrogen (secondary N) is 1. The number of aliphatic hydroxyl groups excluding tert-OH is 2. The summed E-state index contributed by atoms with van der Waals surface area (Å²) in [7, 11) is -2.70. The van der Waals surface area contributed by atoms with E-state index in [-0.39, 0.29) is 42.2 Å². The summed E-state index contributed by atoms with van der Waals surface area (Å²) in [6, 6.07) is 6.05. The van der Waals surface area contributed by atoms with Gasteiger partial charge in [-0.25, -0.2) is 32.9 Å². The molecule has 3 heterocycles. The van der Waals surface area contributed by atoms with Crippen LogP contribution in [0.1, 0.15) is 39.8 Å². The van der Waals surface area contributed by atoms with Crippen molar-refractivity contribution in [3.05, 3.63) is 59.5 Å². The summed E-state index contributed by atoms with van der Waals surface area (Å²) in [4.78, 5) is 36.0. The van der Waals surface area contributed by atoms with Gasteiger partial charge in [0, 0.05) is 23.9 Å². The molecule has 0 radical (unpaired) electrons. The molecule has 0 spiro atoms. The topological polar surface area (TPSA) is 209 Å². The van der Waals surface area contributed by atoms with Crippen LogP contribution in [0.2, 0.25) is 0 Å². The van der Waals surface area contributed by atoms with Gasteiger partial charge in [-0.1, -0.05) is 18.2 Å². The number of anilines is 1. The molecule has 5 N–H and O–H groups in total. The van der Waals surface area contributed by atoms with Crippen LogP contribution in [0.3, 0.4) is 0 Å². The molecule has 1 aromatic carbocycles. The van der Waals surface area contributed by atoms with E-state index in [0.29, 0.717) is 11.1 Å². The fraction of sp³-hybridized carbons (Fsp3) is 0.348. The molecule has 0 unspecified atom stereocenters. The second-order valence-electron chi connectivity index (χ2n) is 8.43. The molecule has 4 rings (SSSR count). The van der Waals surface area contributed by atoms with Crippen LogP contribution in [0.25, 0.3) is 11.2 Å². The number of ketones is 1. The van der Waals surface area contributed by atoms with E-state index in [1.165, 1.54) is 42.5 Å². The molecule has 1 aliphatic heterocycles. The number of imidazole rings is 1. The number of fused-ring (bicyclic) bond motifs is 1. The summed E-state index contributed by atoms with van der Waals surface area (Å²) in [6.07, 6.45) is -0.936. The minimum absolute atomic E-state index is 0.0158. The Morgan fingerprint density at radius 1 is 1.21 bits per heavy atom. The standard InChI is InChI=1S/C23H26N6O8S/c1-36-23(33)14-6-4-5-13(9-14)15(30)7-2-3-8-38(34,35)28-10-16-18(31)19(32)22(37-16)29-12-27-17-20(24)25-11-26-21(17)29/h3-6,8-9,11-12,16,18-19,22,28,31-32H,2,7,10H2,1H3,(H2,24,25,26)/b8-3+/t16-,18-,19-,22-/m1/s1. The number of carbonyl (C=O) groups is 2. The van der Waals surface area contributed by atoms with E-state index in [4.69, 9.17) is 10.5 Å². The Morgan fingerprint density at radius 2 is 1.97 bits per heavy atom. The molecular weight excluding hydrogens is 520 g/mol. The molecular formula is C23H26N6O8S. The number of hydrogen-bond acceptors (Lipinski definition) is 12. The van der Waals surface area contributed by atoms with Gasteiger partial charge in [0.2, 0.25) is 10.0 Å². The van der Waals surface area contributed by atoms with Crippen molar-refractivity contribution in [3.63, 3.8) is 0 Å². The van der Waals surface area contributed by atoms with Gasteiger partial charge in [-0.2, -0.15) is 0 Å². The second kappa shape index (κ2) is 11.3. The van der Waals surface area contributed by atoms with Crippen molar-refractivity contribution in [1.29, 1.82) is 0 Å². The second-order valence-corrected chi connectivity index (χ2v) is 10.1. The van der Waals surface area contributed by atoms with Gasteiger partial charge >= 0.3 is 5.97 Å². The Kier molecular flexibility index (Phi) is 8.13. The van der Waals surface area contributed by atoms with E-state index in [1.807, 2.05) is 0 Å². The van der Waals surface area contributed by atoms with Crippen LogP contribution in [0.15, 0.2) is 48.4 Å². The van der Waals surface area contributed by atoms with Crippen molar-refractivity contribution in [2.45, 2.75) is 37.4 Å². The molecule has 3 aromatic rings. The Morgan fingerprint density at radius 3 is 2.74 bits per heavy atom. The van der Waals surface area contributed by atoms with Gasteiger partial charge in [0.05, 0.1) is 19.0 Å². The number of sulfonamides is 1. The number of esters is 1. The molecule has 4 atom stereocenters. The predicted octanol–water partition coefficient (Wildman–Crippen LogP) is -0.0895. The third kappa shape index (κ3) is 5.87. The number of allylic oxidation sites excluding steroid dienone is 1. The fourth-order valence-electron chi connectivity index (χ4n) is 3.92. The molecule has 15 heteroatoms. The van der Waals surface area contributed by atoms with Crippen molar-refractivity contribution in [2.24, 2.45) is 0 Å². The number of aromatic nitrogens is 4. The van der Waals surface area contributed by atoms with Crippen molar-refractivity contribution in [1.82, 2.24) is 24.2 Å². The van der Waals surface area contributed by atoms with Gasteiger partial charge < -0.3 is 25.4 Å². The average molecular weight is 547 g/mol. The van der Waals surface area contributed by atoms with Crippen molar-refractivity contribution < 1.29 is 37.7 Å². The van der Waals surface area contributed by atoms with Crippen LogP contribution in [0.5, 0.6) is 0 Å². The van der Waals surface area contributed by atoms with Gasteiger partial charge in [0.15, 0.2) is 23.5 Å². The van der Waals surface area contributed by atoms with Crippen LogP contribution >= 0.6 is 0 Å². The molecule has 1 saturated heterocycles. The van der Waals surface area contributed by atoms with Gasteiger partial charge in [-0.05, 0) is 18.6 Å². The maximum absolute atomic E-state index is 12.4. The van der Waals surface area contributed by atoms with Crippen LogP contribution < -0.4 is 10.5 Å². The minimum atomic E-state index is -3.94. The van der Waals surface area contributed by atoms with E-state index in [1.54, 1.807) is 12.1 Å². The molecule has 1 aliphatic rings. The van der Waals surface area contributed by atoms with Gasteiger partial charge in [-0.3, -0.25) is 9.36 Å². The normalized spacial score (nSPS) is 21.8. The Balaban J connectivity index is 1.31.